The highest BCUT2D eigenvalue weighted by molar-refractivity contribution is 7.90. The molecular formula is C20H22N3O7S2. The van der Waals surface area contributed by atoms with Gasteiger partial charge in [-0.15, -0.1) is 0 Å². The molecule has 171 valence electrons. The number of hydrogen-bond donors (Lipinski definition) is 3. The molecule has 2 aromatic rings. The number of benzene rings is 2. The molecule has 0 aromatic heterocycles. The highest BCUT2D eigenvalue weighted by atomic mass is 32.2. The summed E-state index contributed by atoms with van der Waals surface area (Å²) < 4.78 is 50.7. The van der Waals surface area contributed by atoms with Gasteiger partial charge in [-0.1, -0.05) is 36.4 Å². The van der Waals surface area contributed by atoms with Gasteiger partial charge >= 0.3 is 0 Å². The van der Waals surface area contributed by atoms with E-state index in [4.69, 9.17) is 5.73 Å². The first-order valence-corrected chi connectivity index (χ1v) is 12.6. The first kappa shape index (κ1) is 25.2. The van der Waals surface area contributed by atoms with Gasteiger partial charge in [0.05, 0.1) is 35.9 Å². The van der Waals surface area contributed by atoms with E-state index < -0.39 is 62.1 Å². The summed E-state index contributed by atoms with van der Waals surface area (Å²) in [5, 5.41) is 2.21. The summed E-state index contributed by atoms with van der Waals surface area (Å²) in [5.41, 5.74) is 5.52. The van der Waals surface area contributed by atoms with Crippen molar-refractivity contribution < 1.29 is 31.2 Å². The van der Waals surface area contributed by atoms with Gasteiger partial charge < -0.3 is 11.1 Å². The van der Waals surface area contributed by atoms with Gasteiger partial charge in [-0.25, -0.2) is 21.6 Å². The lowest BCUT2D eigenvalue weighted by Crippen LogP contribution is -2.37. The third kappa shape index (κ3) is 7.87. The van der Waals surface area contributed by atoms with Crippen LogP contribution in [0.3, 0.4) is 0 Å². The molecule has 0 bridgehead atoms. The lowest BCUT2D eigenvalue weighted by molar-refractivity contribution is -0.122. The highest BCUT2D eigenvalue weighted by Gasteiger charge is 2.19. The molecule has 0 fully saturated rings. The maximum atomic E-state index is 12.3. The summed E-state index contributed by atoms with van der Waals surface area (Å²) in [6, 6.07) is 13.4. The van der Waals surface area contributed by atoms with Crippen LogP contribution in [0.4, 0.5) is 0 Å². The first-order valence-electron chi connectivity index (χ1n) is 9.26. The highest BCUT2D eigenvalue weighted by Crippen LogP contribution is 2.13. The third-order valence-corrected chi connectivity index (χ3v) is 7.00. The molecule has 4 N–H and O–H groups in total. The molecule has 0 spiro atoms. The van der Waals surface area contributed by atoms with Crippen LogP contribution in [0.5, 0.6) is 0 Å². The minimum absolute atomic E-state index is 0.00622. The molecule has 2 aromatic carbocycles. The molecule has 12 heteroatoms. The fourth-order valence-electron chi connectivity index (χ4n) is 2.56. The van der Waals surface area contributed by atoms with E-state index in [2.05, 4.69) is 10.0 Å². The van der Waals surface area contributed by atoms with Crippen LogP contribution in [-0.2, 0) is 35.2 Å². The van der Waals surface area contributed by atoms with E-state index in [1.807, 2.05) is 0 Å². The van der Waals surface area contributed by atoms with Crippen LogP contribution in [0.2, 0.25) is 0 Å². The van der Waals surface area contributed by atoms with Gasteiger partial charge in [0.2, 0.25) is 21.8 Å². The maximum absolute atomic E-state index is 12.3. The predicted molar refractivity (Wildman–Crippen MR) is 116 cm³/mol. The molecule has 0 aliphatic rings. The predicted octanol–water partition coefficient (Wildman–Crippen LogP) is -0.432. The maximum Gasteiger partial charge on any atom is 0.249 e. The molecule has 0 atom stereocenters. The Bertz CT molecular complexity index is 1190. The van der Waals surface area contributed by atoms with Crippen LogP contribution in [0, 0.1) is 6.42 Å². The van der Waals surface area contributed by atoms with Crippen molar-refractivity contribution in [2.24, 2.45) is 5.73 Å². The van der Waals surface area contributed by atoms with Gasteiger partial charge in [-0.3, -0.25) is 14.4 Å². The molecule has 32 heavy (non-hydrogen) atoms. The van der Waals surface area contributed by atoms with Gasteiger partial charge in [0.1, 0.15) is 0 Å². The standard InChI is InChI=1S/C20H22N3O7S2/c21-20(26)18-9-5-4-6-15(18)14-31(27,28)11-10-19(25)22-12-16(24)13-23-32(29,30)17-7-2-1-3-8-17/h1-10,23H,11-14H2,(H2,21,26)(H,22,25). The summed E-state index contributed by atoms with van der Waals surface area (Å²) in [6.45, 7) is -1.03. The van der Waals surface area contributed by atoms with Crippen LogP contribution in [0.15, 0.2) is 59.5 Å². The lowest BCUT2D eigenvalue weighted by Gasteiger charge is -2.09. The number of sulfone groups is 1. The van der Waals surface area contributed by atoms with E-state index in [1.54, 1.807) is 18.2 Å². The Kier molecular flexibility index (Phi) is 8.63. The number of hydrogen-bond acceptors (Lipinski definition) is 7. The monoisotopic (exact) mass is 480 g/mol. The number of ketones is 1. The molecule has 0 saturated carbocycles. The summed E-state index contributed by atoms with van der Waals surface area (Å²) in [7, 11) is -7.65. The van der Waals surface area contributed by atoms with Crippen molar-refractivity contribution in [3.05, 3.63) is 72.1 Å². The Hall–Kier alpha value is -3.09. The summed E-state index contributed by atoms with van der Waals surface area (Å²) in [5.74, 6) is -3.31. The van der Waals surface area contributed by atoms with Crippen LogP contribution >= 0.6 is 0 Å². The number of sulfonamides is 1. The molecule has 0 heterocycles. The number of primary amides is 1. The van der Waals surface area contributed by atoms with Gasteiger partial charge in [0.15, 0.2) is 15.6 Å². The molecule has 2 amide bonds. The average Bonchev–Trinajstić information content (AvgIpc) is 2.75. The smallest absolute Gasteiger partial charge is 0.249 e. The molecule has 0 unspecified atom stereocenters. The van der Waals surface area contributed by atoms with Crippen molar-refractivity contribution >= 4 is 37.5 Å². The van der Waals surface area contributed by atoms with Crippen molar-refractivity contribution in [2.45, 2.75) is 10.6 Å². The van der Waals surface area contributed by atoms with Crippen LogP contribution in [-0.4, -0.2) is 53.3 Å². The largest absolute Gasteiger partial charge is 0.366 e. The Morgan fingerprint density at radius 2 is 1.50 bits per heavy atom. The van der Waals surface area contributed by atoms with E-state index >= 15 is 0 Å². The van der Waals surface area contributed by atoms with Gasteiger partial charge in [-0.05, 0) is 23.8 Å². The first-order chi connectivity index (χ1) is 15.0. The second kappa shape index (κ2) is 11.0. The van der Waals surface area contributed by atoms with Crippen molar-refractivity contribution in [3.63, 3.8) is 0 Å². The van der Waals surface area contributed by atoms with Gasteiger partial charge in [0.25, 0.3) is 0 Å². The quantitative estimate of drug-likeness (QED) is 0.370. The average molecular weight is 481 g/mol. The fourth-order valence-corrected chi connectivity index (χ4v) is 4.85. The number of carbonyl (C=O) groups excluding carboxylic acids is 3. The van der Waals surface area contributed by atoms with E-state index in [0.29, 0.717) is 0 Å². The van der Waals surface area contributed by atoms with Gasteiger partial charge in [0, 0.05) is 5.56 Å². The Morgan fingerprint density at radius 3 is 2.16 bits per heavy atom. The molecule has 0 aliphatic carbocycles. The van der Waals surface area contributed by atoms with Crippen LogP contribution in [0.1, 0.15) is 15.9 Å². The number of carbonyl (C=O) groups is 3. The Labute approximate surface area is 186 Å². The minimum Gasteiger partial charge on any atom is -0.366 e. The molecular weight excluding hydrogens is 458 g/mol. The lowest BCUT2D eigenvalue weighted by atomic mass is 10.1. The Morgan fingerprint density at radius 1 is 0.875 bits per heavy atom. The topological polar surface area (TPSA) is 170 Å². The zero-order chi connectivity index (χ0) is 23.8. The zero-order valence-electron chi connectivity index (χ0n) is 16.9. The van der Waals surface area contributed by atoms with Crippen LogP contribution < -0.4 is 15.8 Å². The van der Waals surface area contributed by atoms with Crippen LogP contribution in [0.25, 0.3) is 0 Å². The normalized spacial score (nSPS) is 11.6. The summed E-state index contributed by atoms with van der Waals surface area (Å²) >= 11 is 0. The van der Waals surface area contributed by atoms with E-state index in [-0.39, 0.29) is 16.0 Å². The SMILES string of the molecule is NC(=O)c1ccccc1CS(=O)(=O)C[CH]C(=O)NCC(=O)CNS(=O)(=O)c1ccccc1. The summed E-state index contributed by atoms with van der Waals surface area (Å²) in [4.78, 5) is 35.1. The molecule has 2 rings (SSSR count). The molecule has 0 saturated heterocycles. The Balaban J connectivity index is 1.79. The van der Waals surface area contributed by atoms with Crippen molar-refractivity contribution in [1.29, 1.82) is 0 Å². The summed E-state index contributed by atoms with van der Waals surface area (Å²) in [6.07, 6.45) is 0.851. The number of nitrogens with two attached hydrogens (primary N) is 1. The van der Waals surface area contributed by atoms with Gasteiger partial charge in [-0.2, -0.15) is 0 Å². The molecule has 1 radical (unpaired) electrons. The van der Waals surface area contributed by atoms with E-state index in [9.17, 15) is 31.2 Å². The van der Waals surface area contributed by atoms with Crippen molar-refractivity contribution in [1.82, 2.24) is 10.0 Å². The zero-order valence-corrected chi connectivity index (χ0v) is 18.5. The third-order valence-electron chi connectivity index (χ3n) is 4.15. The number of Topliss-reactive ketones (excluding diaryl/α,β-unsaturated/α-hetero) is 1. The van der Waals surface area contributed by atoms with E-state index in [1.165, 1.54) is 36.4 Å². The fraction of sp³-hybridized carbons (Fsp3) is 0.200. The number of nitrogens with one attached hydrogen (secondary N) is 2. The van der Waals surface area contributed by atoms with Crippen molar-refractivity contribution in [3.8, 4) is 0 Å². The second-order valence-corrected chi connectivity index (χ2v) is 10.6. The van der Waals surface area contributed by atoms with E-state index in [0.717, 1.165) is 6.42 Å². The second-order valence-electron chi connectivity index (χ2n) is 6.67. The van der Waals surface area contributed by atoms with Crippen molar-refractivity contribution in [2.75, 3.05) is 18.8 Å². The number of amides is 2. The molecule has 0 aliphatic heterocycles. The minimum atomic E-state index is -3.87. The number of rotatable bonds is 12. The molecule has 10 nitrogen and oxygen atoms in total.